The van der Waals surface area contributed by atoms with E-state index in [1.165, 1.54) is 0 Å². The smallest absolute Gasteiger partial charge is 0.271 e. The molecule has 5 rings (SSSR count). The molecule has 0 fully saturated rings. The van der Waals surface area contributed by atoms with E-state index < -0.39 is 0 Å². The van der Waals surface area contributed by atoms with Gasteiger partial charge >= 0.3 is 0 Å². The van der Waals surface area contributed by atoms with E-state index in [9.17, 15) is 9.59 Å². The largest absolute Gasteiger partial charge is 0.303 e. The molecular weight excluding hydrogens is 398 g/mol. The third kappa shape index (κ3) is 3.54. The lowest BCUT2D eigenvalue weighted by Crippen LogP contribution is -2.26. The number of hydrogen-bond donors (Lipinski definition) is 1. The van der Waals surface area contributed by atoms with Gasteiger partial charge in [-0.25, -0.2) is 5.43 Å². The molecule has 0 saturated carbocycles. The Bertz CT molecular complexity index is 1370. The lowest BCUT2D eigenvalue weighted by molar-refractivity contribution is 0.0953. The van der Waals surface area contributed by atoms with Crippen molar-refractivity contribution in [3.63, 3.8) is 0 Å². The Morgan fingerprint density at radius 3 is 2.47 bits per heavy atom. The highest BCUT2D eigenvalue weighted by molar-refractivity contribution is 6.24. The molecule has 0 bridgehead atoms. The molecule has 0 atom stereocenters. The van der Waals surface area contributed by atoms with Gasteiger partial charge in [0, 0.05) is 16.5 Å². The molecule has 0 radical (unpaired) electrons. The van der Waals surface area contributed by atoms with Crippen molar-refractivity contribution in [2.45, 2.75) is 13.5 Å². The molecule has 0 unspecified atom stereocenters. The summed E-state index contributed by atoms with van der Waals surface area (Å²) in [6.07, 6.45) is 1.64. The molecule has 0 aromatic heterocycles. The van der Waals surface area contributed by atoms with Gasteiger partial charge in [0.2, 0.25) is 0 Å². The van der Waals surface area contributed by atoms with Crippen molar-refractivity contribution in [3.05, 3.63) is 113 Å². The summed E-state index contributed by atoms with van der Waals surface area (Å²) in [5.41, 5.74) is 7.72. The van der Waals surface area contributed by atoms with Gasteiger partial charge in [-0.1, -0.05) is 60.7 Å². The maximum atomic E-state index is 13.0. The standard InChI is InChI=1S/C27H21N3O2/c1-18-6-2-3-7-22(18)16-28-29-26(31)21-14-12-19(13-15-21)17-30-24-11-5-9-20-8-4-10-23(25(20)24)27(30)32/h2-16H,17H2,1H3,(H,29,31)/b28-16-. The van der Waals surface area contributed by atoms with Gasteiger partial charge in [0.25, 0.3) is 11.8 Å². The molecule has 4 aromatic carbocycles. The molecule has 1 aliphatic rings. The quantitative estimate of drug-likeness (QED) is 0.363. The highest BCUT2D eigenvalue weighted by atomic mass is 16.2. The van der Waals surface area contributed by atoms with E-state index in [2.05, 4.69) is 10.5 Å². The molecule has 0 spiro atoms. The van der Waals surface area contributed by atoms with Gasteiger partial charge in [0.1, 0.15) is 0 Å². The van der Waals surface area contributed by atoms with E-state index >= 15 is 0 Å². The maximum Gasteiger partial charge on any atom is 0.271 e. The zero-order valence-electron chi connectivity index (χ0n) is 17.6. The first kappa shape index (κ1) is 19.7. The molecule has 32 heavy (non-hydrogen) atoms. The average Bonchev–Trinajstić information content (AvgIpc) is 3.09. The van der Waals surface area contributed by atoms with Gasteiger partial charge in [-0.15, -0.1) is 0 Å². The minimum Gasteiger partial charge on any atom is -0.303 e. The Morgan fingerprint density at radius 2 is 1.69 bits per heavy atom. The number of nitrogens with one attached hydrogen (secondary N) is 1. The second kappa shape index (κ2) is 8.12. The van der Waals surface area contributed by atoms with Crippen molar-refractivity contribution in [1.29, 1.82) is 0 Å². The highest BCUT2D eigenvalue weighted by Gasteiger charge is 2.29. The highest BCUT2D eigenvalue weighted by Crippen LogP contribution is 2.37. The number of nitrogens with zero attached hydrogens (tertiary/aromatic N) is 2. The van der Waals surface area contributed by atoms with Gasteiger partial charge in [0.05, 0.1) is 18.4 Å². The molecule has 156 valence electrons. The van der Waals surface area contributed by atoms with Crippen LogP contribution in [0.3, 0.4) is 0 Å². The topological polar surface area (TPSA) is 61.8 Å². The summed E-state index contributed by atoms with van der Waals surface area (Å²) < 4.78 is 0. The van der Waals surface area contributed by atoms with Crippen LogP contribution in [0.4, 0.5) is 5.69 Å². The molecule has 0 saturated heterocycles. The number of rotatable bonds is 5. The van der Waals surface area contributed by atoms with Crippen molar-refractivity contribution in [2.75, 3.05) is 4.90 Å². The lowest BCUT2D eigenvalue weighted by atomic mass is 10.1. The fourth-order valence-corrected chi connectivity index (χ4v) is 4.04. The number of carbonyl (C=O) groups is 2. The second-order valence-corrected chi connectivity index (χ2v) is 7.82. The number of carbonyl (C=O) groups excluding carboxylic acids is 2. The Hall–Kier alpha value is -4.25. The van der Waals surface area contributed by atoms with Gasteiger partial charge in [0.15, 0.2) is 0 Å². The van der Waals surface area contributed by atoms with Crippen LogP contribution in [-0.2, 0) is 6.54 Å². The average molecular weight is 419 g/mol. The first-order valence-electron chi connectivity index (χ1n) is 10.4. The number of hydrogen-bond acceptors (Lipinski definition) is 3. The summed E-state index contributed by atoms with van der Waals surface area (Å²) in [4.78, 5) is 27.2. The molecule has 4 aromatic rings. The number of hydrazone groups is 1. The summed E-state index contributed by atoms with van der Waals surface area (Å²) in [6, 6.07) is 26.9. The predicted octanol–water partition coefficient (Wildman–Crippen LogP) is 5.07. The fourth-order valence-electron chi connectivity index (χ4n) is 4.04. The molecule has 5 nitrogen and oxygen atoms in total. The van der Waals surface area contributed by atoms with Crippen LogP contribution in [0.1, 0.15) is 37.4 Å². The van der Waals surface area contributed by atoms with Crippen molar-refractivity contribution in [2.24, 2.45) is 5.10 Å². The van der Waals surface area contributed by atoms with Crippen LogP contribution in [0.2, 0.25) is 0 Å². The van der Waals surface area contributed by atoms with Crippen LogP contribution in [0.15, 0.2) is 90.0 Å². The molecule has 0 aliphatic carbocycles. The lowest BCUT2D eigenvalue weighted by Gasteiger charge is -2.18. The van der Waals surface area contributed by atoms with Gasteiger partial charge in [-0.2, -0.15) is 5.10 Å². The Labute approximate surface area is 186 Å². The van der Waals surface area contributed by atoms with E-state index in [1.807, 2.05) is 79.7 Å². The summed E-state index contributed by atoms with van der Waals surface area (Å²) in [5, 5.41) is 6.13. The SMILES string of the molecule is Cc1ccccc1/C=N\NC(=O)c1ccc(CN2C(=O)c3cccc4cccc2c34)cc1. The number of aryl methyl sites for hydroxylation is 1. The molecule has 5 heteroatoms. The maximum absolute atomic E-state index is 13.0. The minimum atomic E-state index is -0.282. The van der Waals surface area contributed by atoms with Crippen LogP contribution in [0.5, 0.6) is 0 Å². The molecule has 1 N–H and O–H groups in total. The molecule has 2 amide bonds. The van der Waals surface area contributed by atoms with E-state index in [0.717, 1.165) is 38.7 Å². The molecule has 1 heterocycles. The monoisotopic (exact) mass is 419 g/mol. The van der Waals surface area contributed by atoms with Crippen LogP contribution in [0, 0.1) is 6.92 Å². The number of amides is 2. The van der Waals surface area contributed by atoms with Gasteiger partial charge < -0.3 is 4.90 Å². The summed E-state index contributed by atoms with van der Waals surface area (Å²) >= 11 is 0. The first-order chi connectivity index (χ1) is 15.6. The van der Waals surface area contributed by atoms with Crippen LogP contribution < -0.4 is 10.3 Å². The first-order valence-corrected chi connectivity index (χ1v) is 10.4. The Kier molecular flexibility index (Phi) is 5.00. The van der Waals surface area contributed by atoms with E-state index in [-0.39, 0.29) is 11.8 Å². The van der Waals surface area contributed by atoms with Crippen molar-refractivity contribution in [3.8, 4) is 0 Å². The van der Waals surface area contributed by atoms with Crippen molar-refractivity contribution in [1.82, 2.24) is 5.43 Å². The van der Waals surface area contributed by atoms with Crippen LogP contribution in [-0.4, -0.2) is 18.0 Å². The van der Waals surface area contributed by atoms with Gasteiger partial charge in [-0.3, -0.25) is 9.59 Å². The van der Waals surface area contributed by atoms with Crippen molar-refractivity contribution < 1.29 is 9.59 Å². The summed E-state index contributed by atoms with van der Waals surface area (Å²) in [6.45, 7) is 2.44. The van der Waals surface area contributed by atoms with E-state index in [1.54, 1.807) is 23.2 Å². The van der Waals surface area contributed by atoms with E-state index in [0.29, 0.717) is 12.1 Å². The summed E-state index contributed by atoms with van der Waals surface area (Å²) in [5.74, 6) is -0.278. The molecule has 1 aliphatic heterocycles. The zero-order valence-corrected chi connectivity index (χ0v) is 17.6. The van der Waals surface area contributed by atoms with Gasteiger partial charge in [-0.05, 0) is 53.3 Å². The number of benzene rings is 4. The third-order valence-corrected chi connectivity index (χ3v) is 5.76. The zero-order chi connectivity index (χ0) is 22.1. The Morgan fingerprint density at radius 1 is 0.938 bits per heavy atom. The summed E-state index contributed by atoms with van der Waals surface area (Å²) in [7, 11) is 0. The Balaban J connectivity index is 1.29. The fraction of sp³-hybridized carbons (Fsp3) is 0.0741. The predicted molar refractivity (Wildman–Crippen MR) is 127 cm³/mol. The molecular formula is C27H21N3O2. The van der Waals surface area contributed by atoms with E-state index in [4.69, 9.17) is 0 Å². The van der Waals surface area contributed by atoms with Crippen molar-refractivity contribution >= 4 is 34.5 Å². The number of anilines is 1. The van der Waals surface area contributed by atoms with Crippen LogP contribution >= 0.6 is 0 Å². The van der Waals surface area contributed by atoms with Crippen LogP contribution in [0.25, 0.3) is 10.8 Å². The minimum absolute atomic E-state index is 0.00385. The normalized spacial score (nSPS) is 12.7. The third-order valence-electron chi connectivity index (χ3n) is 5.76. The second-order valence-electron chi connectivity index (χ2n) is 7.82.